The molecule has 10 heteroatoms. The molecule has 0 aliphatic carbocycles. The minimum absolute atomic E-state index is 0.104. The summed E-state index contributed by atoms with van der Waals surface area (Å²) in [6.07, 6.45) is 1.55. The summed E-state index contributed by atoms with van der Waals surface area (Å²) in [6.45, 7) is 2.13. The SMILES string of the molecule is COc1ccc(CN(Cc2cc3nc(-c4ccco4)nn3c(N)n2)C(C)=O)cc1OC. The van der Waals surface area contributed by atoms with E-state index < -0.39 is 0 Å². The second-order valence-electron chi connectivity index (χ2n) is 6.85. The quantitative estimate of drug-likeness (QED) is 0.482. The highest BCUT2D eigenvalue weighted by atomic mass is 16.5. The van der Waals surface area contributed by atoms with Crippen LogP contribution in [0.15, 0.2) is 47.1 Å². The molecule has 0 aliphatic heterocycles. The van der Waals surface area contributed by atoms with Crippen LogP contribution in [0.1, 0.15) is 18.2 Å². The maximum absolute atomic E-state index is 12.3. The van der Waals surface area contributed by atoms with Crippen molar-refractivity contribution in [2.45, 2.75) is 20.0 Å². The maximum Gasteiger partial charge on any atom is 0.223 e. The molecule has 2 N–H and O–H groups in total. The zero-order valence-electron chi connectivity index (χ0n) is 17.4. The fraction of sp³-hybridized carbons (Fsp3) is 0.238. The van der Waals surface area contributed by atoms with Crippen LogP contribution in [-0.2, 0) is 17.9 Å². The lowest BCUT2D eigenvalue weighted by Crippen LogP contribution is -2.28. The zero-order chi connectivity index (χ0) is 22.0. The Balaban J connectivity index is 1.60. The molecule has 0 fully saturated rings. The van der Waals surface area contributed by atoms with Crippen LogP contribution in [0.2, 0.25) is 0 Å². The number of benzene rings is 1. The van der Waals surface area contributed by atoms with E-state index in [2.05, 4.69) is 15.1 Å². The minimum atomic E-state index is -0.104. The summed E-state index contributed by atoms with van der Waals surface area (Å²) < 4.78 is 17.4. The molecule has 0 radical (unpaired) electrons. The largest absolute Gasteiger partial charge is 0.493 e. The van der Waals surface area contributed by atoms with Crippen molar-refractivity contribution in [1.29, 1.82) is 0 Å². The van der Waals surface area contributed by atoms with Crippen LogP contribution in [0.3, 0.4) is 0 Å². The molecule has 3 heterocycles. The van der Waals surface area contributed by atoms with E-state index in [9.17, 15) is 4.79 Å². The van der Waals surface area contributed by atoms with E-state index in [0.717, 1.165) is 5.56 Å². The Morgan fingerprint density at radius 1 is 1.13 bits per heavy atom. The summed E-state index contributed by atoms with van der Waals surface area (Å²) in [6, 6.07) is 10.8. The molecule has 1 aromatic carbocycles. The first-order valence-electron chi connectivity index (χ1n) is 9.51. The number of fused-ring (bicyclic) bond motifs is 1. The second kappa shape index (κ2) is 8.34. The number of anilines is 1. The highest BCUT2D eigenvalue weighted by Crippen LogP contribution is 2.28. The van der Waals surface area contributed by atoms with Crippen molar-refractivity contribution in [3.05, 3.63) is 53.9 Å². The first-order valence-corrected chi connectivity index (χ1v) is 9.51. The normalized spacial score (nSPS) is 10.9. The van der Waals surface area contributed by atoms with Crippen molar-refractivity contribution in [2.24, 2.45) is 0 Å². The van der Waals surface area contributed by atoms with Gasteiger partial charge >= 0.3 is 0 Å². The Morgan fingerprint density at radius 2 is 1.94 bits per heavy atom. The van der Waals surface area contributed by atoms with Gasteiger partial charge in [-0.1, -0.05) is 6.07 Å². The third-order valence-electron chi connectivity index (χ3n) is 4.76. The number of nitrogen functional groups attached to an aromatic ring is 1. The van der Waals surface area contributed by atoms with Gasteiger partial charge in [0.25, 0.3) is 0 Å². The molecule has 0 bridgehead atoms. The van der Waals surface area contributed by atoms with Gasteiger partial charge in [-0.05, 0) is 29.8 Å². The summed E-state index contributed by atoms with van der Waals surface area (Å²) in [4.78, 5) is 22.8. The minimum Gasteiger partial charge on any atom is -0.493 e. The number of nitrogens with zero attached hydrogens (tertiary/aromatic N) is 5. The molecule has 0 atom stereocenters. The van der Waals surface area contributed by atoms with Gasteiger partial charge in [0.2, 0.25) is 17.7 Å². The summed E-state index contributed by atoms with van der Waals surface area (Å²) in [5, 5.41) is 4.33. The highest BCUT2D eigenvalue weighted by molar-refractivity contribution is 5.73. The van der Waals surface area contributed by atoms with E-state index in [0.29, 0.717) is 41.0 Å². The Kier molecular flexibility index (Phi) is 5.44. The van der Waals surface area contributed by atoms with Gasteiger partial charge in [-0.3, -0.25) is 4.79 Å². The predicted molar refractivity (Wildman–Crippen MR) is 112 cm³/mol. The number of hydrogen-bond acceptors (Lipinski definition) is 8. The summed E-state index contributed by atoms with van der Waals surface area (Å²) in [5.41, 5.74) is 8.09. The van der Waals surface area contributed by atoms with Gasteiger partial charge < -0.3 is 24.5 Å². The van der Waals surface area contributed by atoms with E-state index in [1.165, 1.54) is 11.4 Å². The number of rotatable bonds is 7. The number of nitrogens with two attached hydrogens (primary N) is 1. The third kappa shape index (κ3) is 4.13. The third-order valence-corrected chi connectivity index (χ3v) is 4.76. The molecular formula is C21H22N6O4. The molecule has 0 spiro atoms. The van der Waals surface area contributed by atoms with Crippen molar-refractivity contribution in [3.8, 4) is 23.1 Å². The molecule has 0 saturated heterocycles. The van der Waals surface area contributed by atoms with Crippen LogP contribution in [-0.4, -0.2) is 44.6 Å². The Morgan fingerprint density at radius 3 is 2.61 bits per heavy atom. The monoisotopic (exact) mass is 422 g/mol. The topological polar surface area (TPSA) is 121 Å². The van der Waals surface area contributed by atoms with Crippen LogP contribution in [0.25, 0.3) is 17.2 Å². The summed E-state index contributed by atoms with van der Waals surface area (Å²) in [7, 11) is 3.15. The molecule has 160 valence electrons. The van der Waals surface area contributed by atoms with Gasteiger partial charge in [0.15, 0.2) is 22.9 Å². The lowest BCUT2D eigenvalue weighted by molar-refractivity contribution is -0.130. The average Bonchev–Trinajstić information content (AvgIpc) is 3.43. The number of carbonyl (C=O) groups excluding carboxylic acids is 1. The van der Waals surface area contributed by atoms with Gasteiger partial charge in [0.05, 0.1) is 32.7 Å². The van der Waals surface area contributed by atoms with Crippen LogP contribution in [0, 0.1) is 0 Å². The van der Waals surface area contributed by atoms with E-state index in [-0.39, 0.29) is 18.4 Å². The van der Waals surface area contributed by atoms with Gasteiger partial charge in [-0.15, -0.1) is 5.10 Å². The number of amides is 1. The maximum atomic E-state index is 12.3. The fourth-order valence-electron chi connectivity index (χ4n) is 3.23. The number of furan rings is 1. The number of hydrogen-bond donors (Lipinski definition) is 1. The Hall–Kier alpha value is -4.08. The molecule has 1 amide bonds. The van der Waals surface area contributed by atoms with Gasteiger partial charge in [0, 0.05) is 19.5 Å². The summed E-state index contributed by atoms with van der Waals surface area (Å²) in [5.74, 6) is 2.23. The number of aromatic nitrogens is 4. The van der Waals surface area contributed by atoms with E-state index in [1.54, 1.807) is 49.6 Å². The average molecular weight is 422 g/mol. The van der Waals surface area contributed by atoms with Crippen molar-refractivity contribution in [2.75, 3.05) is 20.0 Å². The lowest BCUT2D eigenvalue weighted by Gasteiger charge is -2.21. The number of ether oxygens (including phenoxy) is 2. The van der Waals surface area contributed by atoms with E-state index in [1.807, 2.05) is 12.1 Å². The van der Waals surface area contributed by atoms with Crippen molar-refractivity contribution < 1.29 is 18.7 Å². The van der Waals surface area contributed by atoms with Crippen LogP contribution in [0.4, 0.5) is 5.95 Å². The van der Waals surface area contributed by atoms with Gasteiger partial charge in [-0.25, -0.2) is 9.97 Å². The number of methoxy groups -OCH3 is 2. The molecule has 0 saturated carbocycles. The molecule has 0 unspecified atom stereocenters. The van der Waals surface area contributed by atoms with E-state index >= 15 is 0 Å². The van der Waals surface area contributed by atoms with E-state index in [4.69, 9.17) is 19.6 Å². The molecule has 0 aliphatic rings. The summed E-state index contributed by atoms with van der Waals surface area (Å²) >= 11 is 0. The van der Waals surface area contributed by atoms with Crippen LogP contribution in [0.5, 0.6) is 11.5 Å². The van der Waals surface area contributed by atoms with Crippen LogP contribution >= 0.6 is 0 Å². The number of carbonyl (C=O) groups is 1. The van der Waals surface area contributed by atoms with Crippen LogP contribution < -0.4 is 15.2 Å². The standard InChI is InChI=1S/C21H22N6O4/c1-13(28)26(11-14-6-7-16(29-2)18(9-14)30-3)12-15-10-19-24-20(17-5-4-8-31-17)25-27(19)21(22)23-15/h4-10H,11-12H2,1-3H3,(H2,22,23). The highest BCUT2D eigenvalue weighted by Gasteiger charge is 2.17. The van der Waals surface area contributed by atoms with Crippen molar-refractivity contribution in [3.63, 3.8) is 0 Å². The molecule has 31 heavy (non-hydrogen) atoms. The molecule has 3 aromatic heterocycles. The zero-order valence-corrected chi connectivity index (χ0v) is 17.4. The Bertz CT molecular complexity index is 1220. The lowest BCUT2D eigenvalue weighted by atomic mass is 10.1. The van der Waals surface area contributed by atoms with Crippen molar-refractivity contribution in [1.82, 2.24) is 24.5 Å². The first kappa shape index (κ1) is 20.2. The molecule has 4 aromatic rings. The van der Waals surface area contributed by atoms with Gasteiger partial charge in [0.1, 0.15) is 0 Å². The smallest absolute Gasteiger partial charge is 0.223 e. The van der Waals surface area contributed by atoms with Crippen molar-refractivity contribution >= 4 is 17.5 Å². The van der Waals surface area contributed by atoms with Gasteiger partial charge in [-0.2, -0.15) is 4.52 Å². The second-order valence-corrected chi connectivity index (χ2v) is 6.85. The predicted octanol–water partition coefficient (Wildman–Crippen LogP) is 2.53. The Labute approximate surface area is 178 Å². The molecular weight excluding hydrogens is 400 g/mol. The first-order chi connectivity index (χ1) is 15.0. The molecule has 4 rings (SSSR count). The fourth-order valence-corrected chi connectivity index (χ4v) is 3.23. The molecule has 10 nitrogen and oxygen atoms in total.